The van der Waals surface area contributed by atoms with Gasteiger partial charge in [0.15, 0.2) is 0 Å². The van der Waals surface area contributed by atoms with Gasteiger partial charge in [-0.1, -0.05) is 6.07 Å². The van der Waals surface area contributed by atoms with Crippen LogP contribution >= 0.6 is 11.3 Å². The van der Waals surface area contributed by atoms with E-state index in [1.165, 1.54) is 52.8 Å². The molecule has 1 atom stereocenters. The van der Waals surface area contributed by atoms with E-state index in [9.17, 15) is 0 Å². The van der Waals surface area contributed by atoms with Crippen LogP contribution in [0.5, 0.6) is 0 Å². The van der Waals surface area contributed by atoms with Crippen LogP contribution in [0.25, 0.3) is 10.2 Å². The molecule has 1 fully saturated rings. The van der Waals surface area contributed by atoms with Gasteiger partial charge in [0, 0.05) is 17.0 Å². The number of hydrogen-bond donors (Lipinski definition) is 1. The van der Waals surface area contributed by atoms with E-state index in [2.05, 4.69) is 23.3 Å². The zero-order valence-corrected chi connectivity index (χ0v) is 15.3. The zero-order valence-electron chi connectivity index (χ0n) is 14.5. The molecule has 2 aliphatic rings. The Kier molecular flexibility index (Phi) is 3.70. The molecule has 0 spiro atoms. The molecule has 1 unspecified atom stereocenters. The lowest BCUT2D eigenvalue weighted by molar-refractivity contribution is 0.700. The molecule has 5 heteroatoms. The Morgan fingerprint density at radius 2 is 2.04 bits per heavy atom. The number of thiophene rings is 1. The van der Waals surface area contributed by atoms with Gasteiger partial charge >= 0.3 is 0 Å². The van der Waals surface area contributed by atoms with Crippen LogP contribution in [-0.4, -0.2) is 15.0 Å². The molecular formula is C20H22N4S. The molecule has 3 heterocycles. The van der Waals surface area contributed by atoms with Gasteiger partial charge in [-0.15, -0.1) is 11.3 Å². The third kappa shape index (κ3) is 2.80. The SMILES string of the molecule is CC(Nc1nc(C2CC2)nc2sc3c(c12)CCCC3)c1ccccn1. The summed E-state index contributed by atoms with van der Waals surface area (Å²) in [7, 11) is 0. The van der Waals surface area contributed by atoms with Crippen LogP contribution in [0.4, 0.5) is 5.82 Å². The molecule has 128 valence electrons. The van der Waals surface area contributed by atoms with E-state index >= 15 is 0 Å². The first-order valence-electron chi connectivity index (χ1n) is 9.29. The van der Waals surface area contributed by atoms with Crippen molar-refractivity contribution in [1.82, 2.24) is 15.0 Å². The fraction of sp³-hybridized carbons (Fsp3) is 0.450. The Labute approximate surface area is 151 Å². The molecule has 0 radical (unpaired) electrons. The van der Waals surface area contributed by atoms with Gasteiger partial charge in [-0.05, 0) is 63.1 Å². The molecule has 0 aliphatic heterocycles. The number of nitrogens with zero attached hydrogens (tertiary/aromatic N) is 3. The Morgan fingerprint density at radius 3 is 2.84 bits per heavy atom. The van der Waals surface area contributed by atoms with E-state index in [-0.39, 0.29) is 6.04 Å². The minimum absolute atomic E-state index is 0.130. The fourth-order valence-electron chi connectivity index (χ4n) is 3.71. The van der Waals surface area contributed by atoms with Crippen molar-refractivity contribution in [2.24, 2.45) is 0 Å². The second-order valence-corrected chi connectivity index (χ2v) is 8.30. The van der Waals surface area contributed by atoms with Crippen LogP contribution < -0.4 is 5.32 Å². The standard InChI is InChI=1S/C20H22N4S/c1-12(15-7-4-5-11-21-15)22-19-17-14-6-2-3-8-16(14)25-20(17)24-18(23-19)13-9-10-13/h4-5,7,11-13H,2-3,6,8-10H2,1H3,(H,22,23,24). The molecule has 25 heavy (non-hydrogen) atoms. The lowest BCUT2D eigenvalue weighted by Gasteiger charge is -2.17. The number of rotatable bonds is 4. The number of nitrogens with one attached hydrogen (secondary N) is 1. The Balaban J connectivity index is 1.60. The Hall–Kier alpha value is -2.01. The van der Waals surface area contributed by atoms with Crippen molar-refractivity contribution in [2.45, 2.75) is 57.4 Å². The number of fused-ring (bicyclic) bond motifs is 3. The van der Waals surface area contributed by atoms with Crippen molar-refractivity contribution in [2.75, 3.05) is 5.32 Å². The van der Waals surface area contributed by atoms with Gasteiger partial charge in [0.2, 0.25) is 0 Å². The molecule has 3 aromatic heterocycles. The van der Waals surface area contributed by atoms with Crippen molar-refractivity contribution >= 4 is 27.4 Å². The van der Waals surface area contributed by atoms with E-state index in [1.54, 1.807) is 0 Å². The molecule has 5 rings (SSSR count). The highest BCUT2D eigenvalue weighted by Gasteiger charge is 2.29. The van der Waals surface area contributed by atoms with Crippen LogP contribution in [0.1, 0.15) is 66.5 Å². The molecule has 4 nitrogen and oxygen atoms in total. The normalized spacial score (nSPS) is 18.1. The van der Waals surface area contributed by atoms with Crippen molar-refractivity contribution < 1.29 is 0 Å². The topological polar surface area (TPSA) is 50.7 Å². The predicted octanol–water partition coefficient (Wildman–Crippen LogP) is 5.02. The number of pyridine rings is 1. The molecule has 1 N–H and O–H groups in total. The fourth-order valence-corrected chi connectivity index (χ4v) is 4.98. The summed E-state index contributed by atoms with van der Waals surface area (Å²) in [6, 6.07) is 6.20. The van der Waals surface area contributed by atoms with Crippen molar-refractivity contribution in [3.05, 3.63) is 46.4 Å². The van der Waals surface area contributed by atoms with E-state index < -0.39 is 0 Å². The van der Waals surface area contributed by atoms with Gasteiger partial charge in [0.25, 0.3) is 0 Å². The molecule has 3 aromatic rings. The predicted molar refractivity (Wildman–Crippen MR) is 102 cm³/mol. The van der Waals surface area contributed by atoms with Gasteiger partial charge in [-0.3, -0.25) is 4.98 Å². The van der Waals surface area contributed by atoms with Crippen LogP contribution in [0.15, 0.2) is 24.4 Å². The summed E-state index contributed by atoms with van der Waals surface area (Å²) in [5.41, 5.74) is 2.54. The highest BCUT2D eigenvalue weighted by atomic mass is 32.1. The number of aromatic nitrogens is 3. The first-order chi connectivity index (χ1) is 12.3. The highest BCUT2D eigenvalue weighted by Crippen LogP contribution is 2.43. The van der Waals surface area contributed by atoms with Crippen LogP contribution in [0, 0.1) is 0 Å². The summed E-state index contributed by atoms with van der Waals surface area (Å²) >= 11 is 1.89. The first-order valence-corrected chi connectivity index (χ1v) is 10.1. The smallest absolute Gasteiger partial charge is 0.139 e. The van der Waals surface area contributed by atoms with Gasteiger partial charge in [0.05, 0.1) is 17.1 Å². The summed E-state index contributed by atoms with van der Waals surface area (Å²) in [6.45, 7) is 2.16. The summed E-state index contributed by atoms with van der Waals surface area (Å²) in [5, 5.41) is 4.92. The van der Waals surface area contributed by atoms with Crippen LogP contribution in [-0.2, 0) is 12.8 Å². The average molecular weight is 350 g/mol. The molecule has 1 saturated carbocycles. The van der Waals surface area contributed by atoms with E-state index in [1.807, 2.05) is 29.7 Å². The Morgan fingerprint density at radius 1 is 1.16 bits per heavy atom. The molecule has 0 bridgehead atoms. The molecule has 2 aliphatic carbocycles. The van der Waals surface area contributed by atoms with Gasteiger partial charge < -0.3 is 5.32 Å². The monoisotopic (exact) mass is 350 g/mol. The highest BCUT2D eigenvalue weighted by molar-refractivity contribution is 7.19. The lowest BCUT2D eigenvalue weighted by Crippen LogP contribution is -2.11. The second kappa shape index (κ2) is 6.06. The van der Waals surface area contributed by atoms with E-state index in [4.69, 9.17) is 9.97 Å². The van der Waals surface area contributed by atoms with E-state index in [0.29, 0.717) is 5.92 Å². The van der Waals surface area contributed by atoms with Crippen LogP contribution in [0.3, 0.4) is 0 Å². The third-order valence-electron chi connectivity index (χ3n) is 5.26. The maximum Gasteiger partial charge on any atom is 0.139 e. The maximum absolute atomic E-state index is 4.97. The van der Waals surface area contributed by atoms with Crippen molar-refractivity contribution in [3.63, 3.8) is 0 Å². The van der Waals surface area contributed by atoms with Gasteiger partial charge in [-0.25, -0.2) is 9.97 Å². The quantitative estimate of drug-likeness (QED) is 0.718. The summed E-state index contributed by atoms with van der Waals surface area (Å²) in [5.74, 6) is 2.61. The van der Waals surface area contributed by atoms with Gasteiger partial charge in [0.1, 0.15) is 16.5 Å². The Bertz CT molecular complexity index is 914. The zero-order chi connectivity index (χ0) is 16.8. The van der Waals surface area contributed by atoms with Gasteiger partial charge in [-0.2, -0.15) is 0 Å². The third-order valence-corrected chi connectivity index (χ3v) is 6.44. The minimum atomic E-state index is 0.130. The summed E-state index contributed by atoms with van der Waals surface area (Å²) < 4.78 is 0. The number of hydrogen-bond acceptors (Lipinski definition) is 5. The van der Waals surface area contributed by atoms with Crippen molar-refractivity contribution in [3.8, 4) is 0 Å². The van der Waals surface area contributed by atoms with Crippen LogP contribution in [0.2, 0.25) is 0 Å². The molecule has 0 saturated heterocycles. The second-order valence-electron chi connectivity index (χ2n) is 7.22. The number of anilines is 1. The molecular weight excluding hydrogens is 328 g/mol. The van der Waals surface area contributed by atoms with E-state index in [0.717, 1.165) is 23.8 Å². The largest absolute Gasteiger partial charge is 0.361 e. The molecule has 0 amide bonds. The maximum atomic E-state index is 4.97. The first kappa shape index (κ1) is 15.3. The van der Waals surface area contributed by atoms with Crippen molar-refractivity contribution in [1.29, 1.82) is 0 Å². The summed E-state index contributed by atoms with van der Waals surface area (Å²) in [6.07, 6.45) is 9.25. The lowest BCUT2D eigenvalue weighted by atomic mass is 9.97. The minimum Gasteiger partial charge on any atom is -0.361 e. The number of aryl methyl sites for hydroxylation is 2. The summed E-state index contributed by atoms with van der Waals surface area (Å²) in [4.78, 5) is 17.1. The average Bonchev–Trinajstić information content (AvgIpc) is 3.43. The molecule has 0 aromatic carbocycles.